The molecule has 1 aliphatic rings. The van der Waals surface area contributed by atoms with Crippen molar-refractivity contribution in [2.45, 2.75) is 12.8 Å². The summed E-state index contributed by atoms with van der Waals surface area (Å²) in [5.74, 6) is 0. The summed E-state index contributed by atoms with van der Waals surface area (Å²) < 4.78 is 0. The molecular weight excluding hydrogens is 130 g/mol. The molecule has 1 aliphatic carbocycles. The van der Waals surface area contributed by atoms with E-state index in [1.165, 1.54) is 10.6 Å². The number of fused-ring (bicyclic) bond motifs is 1. The molecule has 0 spiro atoms. The minimum Gasteiger partial charge on any atom is -0.249 e. The Balaban J connectivity index is 2.46. The van der Waals surface area contributed by atoms with Crippen molar-refractivity contribution < 1.29 is 0 Å². The van der Waals surface area contributed by atoms with Crippen LogP contribution in [0.5, 0.6) is 0 Å². The molecule has 1 heterocycles. The Hall–Kier alpha value is -0.630. The van der Waals surface area contributed by atoms with Gasteiger partial charge in [-0.15, -0.1) is 11.3 Å². The van der Waals surface area contributed by atoms with Crippen LogP contribution in [-0.4, -0.2) is 4.98 Å². The lowest BCUT2D eigenvalue weighted by molar-refractivity contribution is 1.06. The summed E-state index contributed by atoms with van der Waals surface area (Å²) in [6.45, 7) is 0. The van der Waals surface area contributed by atoms with Crippen LogP contribution in [0.1, 0.15) is 10.6 Å². The molecule has 0 radical (unpaired) electrons. The highest BCUT2D eigenvalue weighted by Gasteiger charge is 2.05. The Labute approximate surface area is 58.1 Å². The second-order valence-electron chi connectivity index (χ2n) is 2.10. The van der Waals surface area contributed by atoms with Gasteiger partial charge in [-0.05, 0) is 0 Å². The van der Waals surface area contributed by atoms with Crippen LogP contribution < -0.4 is 0 Å². The smallest absolute Gasteiger partial charge is 0.0797 e. The molecule has 0 N–H and O–H groups in total. The molecule has 0 saturated heterocycles. The maximum absolute atomic E-state index is 4.22. The summed E-state index contributed by atoms with van der Waals surface area (Å²) in [5, 5.41) is 0. The second-order valence-corrected chi connectivity index (χ2v) is 3.04. The van der Waals surface area contributed by atoms with Gasteiger partial charge in [-0.3, -0.25) is 0 Å². The van der Waals surface area contributed by atoms with Gasteiger partial charge in [0.25, 0.3) is 0 Å². The molecular formula is C7H7NS. The maximum Gasteiger partial charge on any atom is 0.0797 e. The lowest BCUT2D eigenvalue weighted by atomic mass is 10.1. The van der Waals surface area contributed by atoms with Gasteiger partial charge in [0.05, 0.1) is 11.2 Å². The largest absolute Gasteiger partial charge is 0.249 e. The predicted molar refractivity (Wildman–Crippen MR) is 38.7 cm³/mol. The molecule has 1 aromatic heterocycles. The van der Waals surface area contributed by atoms with E-state index < -0.39 is 0 Å². The average Bonchev–Trinajstić information content (AvgIpc) is 2.33. The first kappa shape index (κ1) is 5.18. The predicted octanol–water partition coefficient (Wildman–Crippen LogP) is 1.80. The van der Waals surface area contributed by atoms with E-state index in [1.807, 2.05) is 5.51 Å². The maximum atomic E-state index is 4.22. The fourth-order valence-electron chi connectivity index (χ4n) is 1.01. The Kier molecular flexibility index (Phi) is 1.12. The minimum atomic E-state index is 1.04. The van der Waals surface area contributed by atoms with Crippen molar-refractivity contribution in [1.29, 1.82) is 0 Å². The zero-order valence-electron chi connectivity index (χ0n) is 5.00. The van der Waals surface area contributed by atoms with Crippen LogP contribution in [0.2, 0.25) is 0 Å². The van der Waals surface area contributed by atoms with Crippen molar-refractivity contribution >= 4 is 11.3 Å². The third-order valence-corrected chi connectivity index (χ3v) is 2.40. The van der Waals surface area contributed by atoms with Crippen molar-refractivity contribution in [2.24, 2.45) is 0 Å². The first-order valence-electron chi connectivity index (χ1n) is 3.03. The molecule has 9 heavy (non-hydrogen) atoms. The van der Waals surface area contributed by atoms with E-state index in [0.29, 0.717) is 0 Å². The molecule has 0 fully saturated rings. The van der Waals surface area contributed by atoms with Crippen LogP contribution in [0.4, 0.5) is 0 Å². The monoisotopic (exact) mass is 137 g/mol. The molecule has 0 amide bonds. The standard InChI is InChI=1S/C7H7NS/c1-2-4-7-6(3-1)8-5-9-7/h1-2,5H,3-4H2. The first-order chi connectivity index (χ1) is 4.47. The Morgan fingerprint density at radius 3 is 3.11 bits per heavy atom. The SMILES string of the molecule is C1=CCc2scnc2C1. The number of hydrogen-bond donors (Lipinski definition) is 0. The van der Waals surface area contributed by atoms with E-state index >= 15 is 0 Å². The summed E-state index contributed by atoms with van der Waals surface area (Å²) in [6.07, 6.45) is 6.53. The van der Waals surface area contributed by atoms with Gasteiger partial charge in [0.15, 0.2) is 0 Å². The van der Waals surface area contributed by atoms with E-state index in [-0.39, 0.29) is 0 Å². The van der Waals surface area contributed by atoms with Gasteiger partial charge in [0, 0.05) is 17.7 Å². The van der Waals surface area contributed by atoms with E-state index in [1.54, 1.807) is 11.3 Å². The zero-order chi connectivity index (χ0) is 6.10. The Bertz CT molecular complexity index is 214. The molecule has 46 valence electrons. The lowest BCUT2D eigenvalue weighted by Crippen LogP contribution is -1.92. The summed E-state index contributed by atoms with van der Waals surface area (Å²) in [4.78, 5) is 5.67. The number of nitrogens with zero attached hydrogens (tertiary/aromatic N) is 1. The van der Waals surface area contributed by atoms with Crippen molar-refractivity contribution in [3.63, 3.8) is 0 Å². The van der Waals surface area contributed by atoms with Gasteiger partial charge in [-0.25, -0.2) is 4.98 Å². The van der Waals surface area contributed by atoms with Crippen LogP contribution in [0.25, 0.3) is 0 Å². The van der Waals surface area contributed by atoms with Crippen molar-refractivity contribution in [2.75, 3.05) is 0 Å². The Morgan fingerprint density at radius 1 is 1.33 bits per heavy atom. The summed E-state index contributed by atoms with van der Waals surface area (Å²) in [6, 6.07) is 0. The van der Waals surface area contributed by atoms with Gasteiger partial charge >= 0.3 is 0 Å². The Morgan fingerprint density at radius 2 is 2.22 bits per heavy atom. The highest BCUT2D eigenvalue weighted by molar-refractivity contribution is 7.09. The molecule has 2 heteroatoms. The number of aromatic nitrogens is 1. The molecule has 0 atom stereocenters. The third-order valence-electron chi connectivity index (χ3n) is 1.51. The van der Waals surface area contributed by atoms with Crippen LogP contribution in [-0.2, 0) is 12.8 Å². The summed E-state index contributed by atoms with van der Waals surface area (Å²) in [7, 11) is 0. The first-order valence-corrected chi connectivity index (χ1v) is 3.91. The number of rotatable bonds is 0. The molecule has 0 saturated carbocycles. The fraction of sp³-hybridized carbons (Fsp3) is 0.286. The van der Waals surface area contributed by atoms with E-state index in [4.69, 9.17) is 0 Å². The van der Waals surface area contributed by atoms with E-state index in [9.17, 15) is 0 Å². The van der Waals surface area contributed by atoms with Crippen LogP contribution in [0.15, 0.2) is 17.7 Å². The topological polar surface area (TPSA) is 12.9 Å². The lowest BCUT2D eigenvalue weighted by Gasteiger charge is -1.99. The van der Waals surface area contributed by atoms with Crippen molar-refractivity contribution in [1.82, 2.24) is 4.98 Å². The van der Waals surface area contributed by atoms with Crippen molar-refractivity contribution in [3.8, 4) is 0 Å². The number of thiazole rings is 1. The van der Waals surface area contributed by atoms with Crippen LogP contribution in [0.3, 0.4) is 0 Å². The molecule has 0 aliphatic heterocycles. The minimum absolute atomic E-state index is 1.04. The van der Waals surface area contributed by atoms with E-state index in [0.717, 1.165) is 12.8 Å². The molecule has 0 aromatic carbocycles. The van der Waals surface area contributed by atoms with Gasteiger partial charge in [-0.2, -0.15) is 0 Å². The highest BCUT2D eigenvalue weighted by Crippen LogP contribution is 2.18. The number of hydrogen-bond acceptors (Lipinski definition) is 2. The average molecular weight is 137 g/mol. The molecule has 1 aromatic rings. The fourth-order valence-corrected chi connectivity index (χ4v) is 1.78. The van der Waals surface area contributed by atoms with Gasteiger partial charge in [0.2, 0.25) is 0 Å². The van der Waals surface area contributed by atoms with Gasteiger partial charge < -0.3 is 0 Å². The third kappa shape index (κ3) is 0.793. The summed E-state index contributed by atoms with van der Waals surface area (Å²) in [5.41, 5.74) is 3.21. The normalized spacial score (nSPS) is 15.6. The zero-order valence-corrected chi connectivity index (χ0v) is 5.82. The quantitative estimate of drug-likeness (QED) is 0.497. The van der Waals surface area contributed by atoms with Crippen LogP contribution in [0, 0.1) is 0 Å². The van der Waals surface area contributed by atoms with E-state index in [2.05, 4.69) is 17.1 Å². The van der Waals surface area contributed by atoms with Crippen LogP contribution >= 0.6 is 11.3 Å². The highest BCUT2D eigenvalue weighted by atomic mass is 32.1. The van der Waals surface area contributed by atoms with Crippen molar-refractivity contribution in [3.05, 3.63) is 28.2 Å². The summed E-state index contributed by atoms with van der Waals surface area (Å²) >= 11 is 1.76. The molecule has 0 unspecified atom stereocenters. The molecule has 2 rings (SSSR count). The number of allylic oxidation sites excluding steroid dienone is 2. The molecule has 0 bridgehead atoms. The van der Waals surface area contributed by atoms with Gasteiger partial charge in [0.1, 0.15) is 0 Å². The second kappa shape index (κ2) is 1.95. The van der Waals surface area contributed by atoms with Gasteiger partial charge in [-0.1, -0.05) is 12.2 Å². The molecule has 1 nitrogen and oxygen atoms in total.